The molecule has 7 N–H and O–H groups in total. The van der Waals surface area contributed by atoms with E-state index in [1.54, 1.807) is 24.3 Å². The smallest absolute Gasteiger partial charge is 0.255 e. The molecule has 0 aliphatic carbocycles. The molecular formula is C25H33N5O4. The van der Waals surface area contributed by atoms with Crippen molar-refractivity contribution < 1.29 is 19.7 Å². The first-order valence-corrected chi connectivity index (χ1v) is 11.0. The van der Waals surface area contributed by atoms with Crippen LogP contribution < -0.4 is 21.5 Å². The number of hydrogen-bond acceptors (Lipinski definition) is 7. The van der Waals surface area contributed by atoms with Crippen LogP contribution in [-0.4, -0.2) is 39.1 Å². The summed E-state index contributed by atoms with van der Waals surface area (Å²) in [6.07, 6.45) is -2.02. The van der Waals surface area contributed by atoms with E-state index in [2.05, 4.69) is 10.4 Å². The predicted molar refractivity (Wildman–Crippen MR) is 131 cm³/mol. The number of anilines is 1. The highest BCUT2D eigenvalue weighted by molar-refractivity contribution is 5.96. The van der Waals surface area contributed by atoms with Crippen molar-refractivity contribution in [1.29, 1.82) is 0 Å². The first kappa shape index (κ1) is 25.2. The number of ether oxygens (including phenoxy) is 1. The molecule has 1 heterocycles. The van der Waals surface area contributed by atoms with Crippen LogP contribution in [0.3, 0.4) is 0 Å². The maximum atomic E-state index is 12.5. The monoisotopic (exact) mass is 467 g/mol. The summed E-state index contributed by atoms with van der Waals surface area (Å²) in [5.74, 6) is 0.480. The quantitative estimate of drug-likeness (QED) is 0.319. The number of aromatic nitrogens is 2. The molecule has 3 rings (SSSR count). The minimum absolute atomic E-state index is 0.169. The first-order chi connectivity index (χ1) is 16.0. The number of aliphatic hydroxyl groups excluding tert-OH is 2. The fourth-order valence-electron chi connectivity index (χ4n) is 3.46. The van der Waals surface area contributed by atoms with E-state index in [-0.39, 0.29) is 23.7 Å². The van der Waals surface area contributed by atoms with Crippen LogP contribution in [0.4, 0.5) is 5.82 Å². The summed E-state index contributed by atoms with van der Waals surface area (Å²) in [5, 5.41) is 28.0. The van der Waals surface area contributed by atoms with Gasteiger partial charge in [0.2, 0.25) is 0 Å². The number of nitrogen functional groups attached to an aromatic ring is 1. The molecule has 3 aromatic rings. The molecule has 2 unspecified atom stereocenters. The molecule has 182 valence electrons. The van der Waals surface area contributed by atoms with E-state index in [0.29, 0.717) is 34.7 Å². The summed E-state index contributed by atoms with van der Waals surface area (Å²) in [6.45, 7) is 6.24. The van der Waals surface area contributed by atoms with Crippen LogP contribution in [0.2, 0.25) is 0 Å². The van der Waals surface area contributed by atoms with Crippen molar-refractivity contribution >= 4 is 11.7 Å². The Labute approximate surface area is 199 Å². The van der Waals surface area contributed by atoms with Crippen molar-refractivity contribution in [2.75, 3.05) is 12.8 Å². The van der Waals surface area contributed by atoms with Crippen LogP contribution >= 0.6 is 0 Å². The van der Waals surface area contributed by atoms with Gasteiger partial charge in [0.25, 0.3) is 5.91 Å². The molecule has 9 heteroatoms. The fourth-order valence-corrected chi connectivity index (χ4v) is 3.46. The Hall–Kier alpha value is -3.40. The Balaban J connectivity index is 1.78. The van der Waals surface area contributed by atoms with E-state index in [4.69, 9.17) is 16.2 Å². The number of carbonyl (C=O) groups excluding carboxylic acids is 1. The first-order valence-electron chi connectivity index (χ1n) is 11.0. The minimum atomic E-state index is -1.32. The summed E-state index contributed by atoms with van der Waals surface area (Å²) in [5.41, 5.74) is 14.4. The molecule has 0 spiro atoms. The van der Waals surface area contributed by atoms with E-state index in [1.165, 1.54) is 11.8 Å². The molecule has 34 heavy (non-hydrogen) atoms. The summed E-state index contributed by atoms with van der Waals surface area (Å²) in [4.78, 5) is 12.5. The molecule has 0 aliphatic rings. The molecule has 0 saturated carbocycles. The average Bonchev–Trinajstić information content (AvgIpc) is 3.13. The van der Waals surface area contributed by atoms with Gasteiger partial charge in [-0.25, -0.2) is 4.68 Å². The van der Waals surface area contributed by atoms with Crippen molar-refractivity contribution in [2.45, 2.75) is 46.2 Å². The van der Waals surface area contributed by atoms with Gasteiger partial charge in [0, 0.05) is 12.1 Å². The third-order valence-electron chi connectivity index (χ3n) is 5.70. The van der Waals surface area contributed by atoms with Crippen LogP contribution in [-0.2, 0) is 13.1 Å². The maximum Gasteiger partial charge on any atom is 0.255 e. The third-order valence-corrected chi connectivity index (χ3v) is 5.70. The lowest BCUT2D eigenvalue weighted by Crippen LogP contribution is -2.31. The molecule has 0 saturated heterocycles. The van der Waals surface area contributed by atoms with Gasteiger partial charge in [0.05, 0.1) is 30.9 Å². The molecule has 9 nitrogen and oxygen atoms in total. The van der Waals surface area contributed by atoms with E-state index in [0.717, 1.165) is 5.56 Å². The van der Waals surface area contributed by atoms with Crippen molar-refractivity contribution in [3.05, 3.63) is 65.2 Å². The zero-order valence-electron chi connectivity index (χ0n) is 19.9. The number of amides is 1. The highest BCUT2D eigenvalue weighted by Gasteiger charge is 2.27. The highest BCUT2D eigenvalue weighted by Crippen LogP contribution is 2.32. The lowest BCUT2D eigenvalue weighted by Gasteiger charge is -2.26. The molecule has 0 aliphatic heterocycles. The molecule has 2 atom stereocenters. The number of rotatable bonds is 8. The number of nitrogens with one attached hydrogen (secondary N) is 1. The van der Waals surface area contributed by atoms with Gasteiger partial charge < -0.3 is 31.7 Å². The highest BCUT2D eigenvalue weighted by atomic mass is 16.5. The number of carbonyl (C=O) groups is 1. The molecule has 1 amide bonds. The predicted octanol–water partition coefficient (Wildman–Crippen LogP) is 2.43. The summed E-state index contributed by atoms with van der Waals surface area (Å²) in [7, 11) is 1.52. The van der Waals surface area contributed by atoms with Crippen molar-refractivity contribution in [1.82, 2.24) is 15.1 Å². The van der Waals surface area contributed by atoms with Gasteiger partial charge in [-0.15, -0.1) is 0 Å². The zero-order chi connectivity index (χ0) is 25.0. The summed E-state index contributed by atoms with van der Waals surface area (Å²) < 4.78 is 6.71. The van der Waals surface area contributed by atoms with Crippen molar-refractivity contribution in [3.8, 4) is 17.0 Å². The minimum Gasteiger partial charge on any atom is -0.496 e. The average molecular weight is 468 g/mol. The number of methoxy groups -OCH3 is 1. The van der Waals surface area contributed by atoms with Crippen LogP contribution in [0.5, 0.6) is 5.75 Å². The lowest BCUT2D eigenvalue weighted by atomic mass is 9.89. The van der Waals surface area contributed by atoms with Gasteiger partial charge in [0.15, 0.2) is 0 Å². The van der Waals surface area contributed by atoms with Crippen LogP contribution in [0.25, 0.3) is 11.3 Å². The van der Waals surface area contributed by atoms with Crippen LogP contribution in [0, 0.1) is 5.41 Å². The molecular weight excluding hydrogens is 434 g/mol. The SMILES string of the molecule is COc1ccccc1C(=O)NCc1ccc(-c2nn(CC(O)C(C)(C)C)c(N)c2C(N)O)cc1. The Morgan fingerprint density at radius 1 is 1.15 bits per heavy atom. The third kappa shape index (κ3) is 5.56. The number of nitrogens with zero attached hydrogens (tertiary/aromatic N) is 2. The van der Waals surface area contributed by atoms with Crippen molar-refractivity contribution in [2.24, 2.45) is 11.1 Å². The van der Waals surface area contributed by atoms with Crippen LogP contribution in [0.15, 0.2) is 48.5 Å². The molecule has 0 bridgehead atoms. The Morgan fingerprint density at radius 3 is 2.38 bits per heavy atom. The summed E-state index contributed by atoms with van der Waals surface area (Å²) >= 11 is 0. The second-order valence-electron chi connectivity index (χ2n) is 9.24. The van der Waals surface area contributed by atoms with Gasteiger partial charge in [-0.05, 0) is 23.1 Å². The summed E-state index contributed by atoms with van der Waals surface area (Å²) in [6, 6.07) is 14.4. The van der Waals surface area contributed by atoms with E-state index in [1.807, 2.05) is 45.0 Å². The molecule has 0 radical (unpaired) electrons. The molecule has 1 aromatic heterocycles. The normalized spacial score (nSPS) is 13.4. The Morgan fingerprint density at radius 2 is 1.79 bits per heavy atom. The fraction of sp³-hybridized carbons (Fsp3) is 0.360. The number of para-hydroxylation sites is 1. The number of benzene rings is 2. The van der Waals surface area contributed by atoms with Gasteiger partial charge >= 0.3 is 0 Å². The zero-order valence-corrected chi connectivity index (χ0v) is 19.9. The largest absolute Gasteiger partial charge is 0.496 e. The molecule has 0 fully saturated rings. The van der Waals surface area contributed by atoms with Crippen molar-refractivity contribution in [3.63, 3.8) is 0 Å². The number of hydrogen-bond donors (Lipinski definition) is 5. The van der Waals surface area contributed by atoms with E-state index < -0.39 is 12.3 Å². The standard InChI is InChI=1S/C25H33N5O4/c1-25(2,3)19(31)14-30-22(26)20(23(27)32)21(29-30)16-11-9-15(10-12-16)13-28-24(33)17-7-5-6-8-18(17)34-4/h5-12,19,23,31-32H,13-14,26-27H2,1-4H3,(H,28,33). The van der Waals surface area contributed by atoms with E-state index >= 15 is 0 Å². The van der Waals surface area contributed by atoms with Crippen LogP contribution in [0.1, 0.15) is 48.5 Å². The van der Waals surface area contributed by atoms with E-state index in [9.17, 15) is 15.0 Å². The van der Waals surface area contributed by atoms with Gasteiger partial charge in [0.1, 0.15) is 23.5 Å². The second-order valence-corrected chi connectivity index (χ2v) is 9.24. The topological polar surface area (TPSA) is 149 Å². The van der Waals surface area contributed by atoms with Gasteiger partial charge in [-0.2, -0.15) is 5.10 Å². The number of nitrogens with two attached hydrogens (primary N) is 2. The van der Waals surface area contributed by atoms with Gasteiger partial charge in [-0.3, -0.25) is 4.79 Å². The lowest BCUT2D eigenvalue weighted by molar-refractivity contribution is 0.0456. The van der Waals surface area contributed by atoms with Gasteiger partial charge in [-0.1, -0.05) is 57.2 Å². The molecule has 2 aromatic carbocycles. The Kier molecular flexibility index (Phi) is 7.61. The number of aliphatic hydroxyl groups is 2. The second kappa shape index (κ2) is 10.3. The maximum absolute atomic E-state index is 12.5. The Bertz CT molecular complexity index is 1130.